The number of halogens is 3. The molecule has 0 aromatic carbocycles. The average Bonchev–Trinajstić information content (AvgIpc) is 2.70. The van der Waals surface area contributed by atoms with Gasteiger partial charge in [0.25, 0.3) is 0 Å². The van der Waals surface area contributed by atoms with E-state index in [1.165, 1.54) is 4.57 Å². The van der Waals surface area contributed by atoms with Crippen LogP contribution in [-0.4, -0.2) is 39.3 Å². The van der Waals surface area contributed by atoms with E-state index in [0.717, 1.165) is 6.33 Å². The molecule has 2 rings (SSSR count). The second-order valence-electron chi connectivity index (χ2n) is 3.72. The number of carboxylic acids is 1. The predicted molar refractivity (Wildman–Crippen MR) is 52.2 cm³/mol. The second-order valence-corrected chi connectivity index (χ2v) is 3.72. The number of imidazole rings is 1. The van der Waals surface area contributed by atoms with Crippen LogP contribution in [0.4, 0.5) is 19.0 Å². The highest BCUT2D eigenvalue weighted by Gasteiger charge is 2.45. The van der Waals surface area contributed by atoms with Gasteiger partial charge in [0, 0.05) is 13.1 Å². The molecule has 1 aliphatic rings. The molecule has 0 unspecified atom stereocenters. The van der Waals surface area contributed by atoms with E-state index >= 15 is 0 Å². The van der Waals surface area contributed by atoms with E-state index in [4.69, 9.17) is 5.11 Å². The molecule has 18 heavy (non-hydrogen) atoms. The van der Waals surface area contributed by atoms with Crippen molar-refractivity contribution in [3.05, 3.63) is 12.0 Å². The summed E-state index contributed by atoms with van der Waals surface area (Å²) >= 11 is 0. The number of aromatic carboxylic acids is 1. The van der Waals surface area contributed by atoms with Crippen LogP contribution in [0.2, 0.25) is 0 Å². The van der Waals surface area contributed by atoms with E-state index in [-0.39, 0.29) is 12.4 Å². The molecule has 0 radical (unpaired) electrons. The first-order chi connectivity index (χ1) is 8.32. The van der Waals surface area contributed by atoms with Gasteiger partial charge in [-0.05, 0) is 6.42 Å². The first kappa shape index (κ1) is 12.4. The second kappa shape index (κ2) is 4.00. The number of amides is 1. The molecule has 1 N–H and O–H groups in total. The van der Waals surface area contributed by atoms with Crippen LogP contribution >= 0.6 is 0 Å². The van der Waals surface area contributed by atoms with Crippen molar-refractivity contribution in [3.63, 3.8) is 0 Å². The number of anilines is 1. The molecule has 98 valence electrons. The van der Waals surface area contributed by atoms with E-state index in [9.17, 15) is 22.8 Å². The van der Waals surface area contributed by atoms with E-state index < -0.39 is 23.7 Å². The third-order valence-corrected chi connectivity index (χ3v) is 2.54. The summed E-state index contributed by atoms with van der Waals surface area (Å²) in [5, 5.41) is 8.84. The maximum absolute atomic E-state index is 12.4. The number of rotatable bonds is 1. The number of alkyl halides is 3. The highest BCUT2D eigenvalue weighted by atomic mass is 19.4. The molecule has 0 bridgehead atoms. The molecule has 0 saturated heterocycles. The van der Waals surface area contributed by atoms with Crippen molar-refractivity contribution in [2.75, 3.05) is 11.4 Å². The van der Waals surface area contributed by atoms with Crippen molar-refractivity contribution in [2.24, 2.45) is 0 Å². The number of aryl methyl sites for hydroxylation is 1. The van der Waals surface area contributed by atoms with Gasteiger partial charge in [0.05, 0.1) is 6.33 Å². The summed E-state index contributed by atoms with van der Waals surface area (Å²) in [6, 6.07) is 0. The maximum Gasteiger partial charge on any atom is 0.471 e. The lowest BCUT2D eigenvalue weighted by molar-refractivity contribution is -0.170. The third kappa shape index (κ3) is 1.91. The molecule has 9 heteroatoms. The van der Waals surface area contributed by atoms with Gasteiger partial charge in [-0.25, -0.2) is 9.78 Å². The van der Waals surface area contributed by atoms with E-state index in [1.807, 2.05) is 0 Å². The van der Waals surface area contributed by atoms with Gasteiger partial charge < -0.3 is 9.67 Å². The lowest BCUT2D eigenvalue weighted by atomic mass is 10.2. The lowest BCUT2D eigenvalue weighted by Crippen LogP contribution is -2.45. The van der Waals surface area contributed by atoms with E-state index in [2.05, 4.69) is 4.98 Å². The summed E-state index contributed by atoms with van der Waals surface area (Å²) in [5.41, 5.74) is -0.549. The molecule has 1 aromatic heterocycles. The van der Waals surface area contributed by atoms with Gasteiger partial charge in [-0.1, -0.05) is 0 Å². The Hall–Kier alpha value is -2.06. The van der Waals surface area contributed by atoms with Crippen LogP contribution < -0.4 is 4.90 Å². The number of carbonyl (C=O) groups is 2. The Labute approximate surface area is 98.6 Å². The fourth-order valence-corrected chi connectivity index (χ4v) is 1.83. The maximum atomic E-state index is 12.4. The molecule has 0 fully saturated rings. The van der Waals surface area contributed by atoms with Gasteiger partial charge >= 0.3 is 18.1 Å². The van der Waals surface area contributed by atoms with Crippen molar-refractivity contribution in [1.82, 2.24) is 9.55 Å². The van der Waals surface area contributed by atoms with Gasteiger partial charge in [0.1, 0.15) is 0 Å². The number of carbonyl (C=O) groups excluding carboxylic acids is 1. The van der Waals surface area contributed by atoms with E-state index in [0.29, 0.717) is 17.9 Å². The van der Waals surface area contributed by atoms with Crippen LogP contribution in [-0.2, 0) is 11.3 Å². The molecule has 0 saturated carbocycles. The number of hydrogen-bond donors (Lipinski definition) is 1. The number of aromatic nitrogens is 2. The van der Waals surface area contributed by atoms with Crippen molar-refractivity contribution in [3.8, 4) is 0 Å². The molecule has 1 amide bonds. The minimum absolute atomic E-state index is 0.176. The summed E-state index contributed by atoms with van der Waals surface area (Å²) < 4.78 is 38.4. The fourth-order valence-electron chi connectivity index (χ4n) is 1.83. The zero-order valence-corrected chi connectivity index (χ0v) is 8.94. The minimum Gasteiger partial charge on any atom is -0.476 e. The average molecular weight is 263 g/mol. The summed E-state index contributed by atoms with van der Waals surface area (Å²) in [6.07, 6.45) is -3.61. The molecular formula is C9H8F3N3O3. The Kier molecular flexibility index (Phi) is 2.76. The quantitative estimate of drug-likeness (QED) is 0.816. The lowest BCUT2D eigenvalue weighted by Gasteiger charge is -2.29. The van der Waals surface area contributed by atoms with Gasteiger partial charge in [0.2, 0.25) is 0 Å². The Morgan fingerprint density at radius 3 is 2.56 bits per heavy atom. The molecule has 0 atom stereocenters. The first-order valence-corrected chi connectivity index (χ1v) is 4.99. The summed E-state index contributed by atoms with van der Waals surface area (Å²) in [4.78, 5) is 26.0. The van der Waals surface area contributed by atoms with Crippen LogP contribution in [0.25, 0.3) is 0 Å². The van der Waals surface area contributed by atoms with Gasteiger partial charge in [-0.2, -0.15) is 13.2 Å². The van der Waals surface area contributed by atoms with Crippen LogP contribution in [0.5, 0.6) is 0 Å². The number of nitrogens with zero attached hydrogens (tertiary/aromatic N) is 3. The summed E-state index contributed by atoms with van der Waals surface area (Å²) in [5.74, 6) is -3.85. The molecule has 6 nitrogen and oxygen atoms in total. The van der Waals surface area contributed by atoms with Crippen molar-refractivity contribution < 1.29 is 27.9 Å². The van der Waals surface area contributed by atoms with Gasteiger partial charge in [0.15, 0.2) is 11.5 Å². The largest absolute Gasteiger partial charge is 0.476 e. The van der Waals surface area contributed by atoms with Gasteiger partial charge in [-0.3, -0.25) is 9.69 Å². The normalized spacial score (nSPS) is 15.4. The first-order valence-electron chi connectivity index (χ1n) is 4.99. The molecule has 1 aliphatic heterocycles. The molecule has 0 spiro atoms. The monoisotopic (exact) mass is 263 g/mol. The van der Waals surface area contributed by atoms with E-state index in [1.54, 1.807) is 0 Å². The Morgan fingerprint density at radius 2 is 2.00 bits per heavy atom. The molecule has 0 aliphatic carbocycles. The SMILES string of the molecule is O=C(O)c1ncn2c1N(C(=O)C(F)(F)F)CCC2. The predicted octanol–water partition coefficient (Wildman–Crippen LogP) is 0.880. The number of fused-ring (bicyclic) bond motifs is 1. The highest BCUT2D eigenvalue weighted by molar-refractivity contribution is 6.02. The van der Waals surface area contributed by atoms with Crippen LogP contribution in [0.1, 0.15) is 16.9 Å². The Morgan fingerprint density at radius 1 is 1.33 bits per heavy atom. The third-order valence-electron chi connectivity index (χ3n) is 2.54. The topological polar surface area (TPSA) is 75.4 Å². The molecule has 1 aromatic rings. The summed E-state index contributed by atoms with van der Waals surface area (Å²) in [7, 11) is 0. The zero-order chi connectivity index (χ0) is 13.5. The molecular weight excluding hydrogens is 255 g/mol. The Bertz CT molecular complexity index is 509. The minimum atomic E-state index is -5.04. The van der Waals surface area contributed by atoms with Crippen LogP contribution in [0.15, 0.2) is 6.33 Å². The van der Waals surface area contributed by atoms with Gasteiger partial charge in [-0.15, -0.1) is 0 Å². The van der Waals surface area contributed by atoms with Crippen LogP contribution in [0.3, 0.4) is 0 Å². The van der Waals surface area contributed by atoms with Crippen molar-refractivity contribution in [2.45, 2.75) is 19.1 Å². The Balaban J connectivity index is 2.47. The highest BCUT2D eigenvalue weighted by Crippen LogP contribution is 2.29. The fraction of sp³-hybridized carbons (Fsp3) is 0.444. The number of carboxylic acid groups (broad SMARTS) is 1. The standard InChI is InChI=1S/C9H8F3N3O3/c10-9(11,12)8(18)15-3-1-2-14-4-13-5(6(14)15)7(16)17/h4H,1-3H2,(H,16,17). The zero-order valence-electron chi connectivity index (χ0n) is 8.94. The summed E-state index contributed by atoms with van der Waals surface area (Å²) in [6.45, 7) is 0.154. The van der Waals surface area contributed by atoms with Crippen molar-refractivity contribution >= 4 is 17.7 Å². The smallest absolute Gasteiger partial charge is 0.471 e. The van der Waals surface area contributed by atoms with Crippen molar-refractivity contribution in [1.29, 1.82) is 0 Å². The van der Waals surface area contributed by atoms with Crippen LogP contribution in [0, 0.1) is 0 Å². The molecule has 2 heterocycles. The number of hydrogen-bond acceptors (Lipinski definition) is 3.